The largest absolute Gasteiger partial charge is 0.474 e. The summed E-state index contributed by atoms with van der Waals surface area (Å²) >= 11 is 0. The lowest BCUT2D eigenvalue weighted by atomic mass is 10.1. The van der Waals surface area contributed by atoms with Crippen molar-refractivity contribution in [3.05, 3.63) is 41.7 Å². The number of oxazole rings is 1. The lowest BCUT2D eigenvalue weighted by Gasteiger charge is -1.98. The summed E-state index contributed by atoms with van der Waals surface area (Å²) in [5, 5.41) is 8.79. The van der Waals surface area contributed by atoms with Gasteiger partial charge in [-0.05, 0) is 30.7 Å². The zero-order chi connectivity index (χ0) is 12.4. The number of carbonyl (C=O) groups is 1. The second-order valence-electron chi connectivity index (χ2n) is 3.46. The van der Waals surface area contributed by atoms with Crippen molar-refractivity contribution in [1.29, 1.82) is 0 Å². The molecular formula is C12H10FNO3. The Morgan fingerprint density at radius 3 is 2.59 bits per heavy atom. The van der Waals surface area contributed by atoms with E-state index in [0.29, 0.717) is 23.4 Å². The fraction of sp³-hybridized carbons (Fsp3) is 0.167. The third-order valence-electron chi connectivity index (χ3n) is 2.32. The molecule has 2 rings (SSSR count). The monoisotopic (exact) mass is 235 g/mol. The number of hydrogen-bond acceptors (Lipinski definition) is 3. The number of aromatic nitrogens is 1. The molecular weight excluding hydrogens is 225 g/mol. The van der Waals surface area contributed by atoms with Gasteiger partial charge in [-0.1, -0.05) is 6.92 Å². The first kappa shape index (κ1) is 11.3. The predicted octanol–water partition coefficient (Wildman–Crippen LogP) is 2.74. The third-order valence-corrected chi connectivity index (χ3v) is 2.32. The number of carboxylic acids is 1. The standard InChI is InChI=1S/C12H10FNO3/c1-2-9-10(17-11(14-9)12(15)16)7-3-5-8(13)6-4-7/h3-6H,2H2,1H3,(H,15,16). The Labute approximate surface area is 96.7 Å². The van der Waals surface area contributed by atoms with Gasteiger partial charge in [0.1, 0.15) is 5.82 Å². The Morgan fingerprint density at radius 2 is 2.06 bits per heavy atom. The van der Waals surface area contributed by atoms with E-state index < -0.39 is 5.97 Å². The molecule has 0 unspecified atom stereocenters. The fourth-order valence-electron chi connectivity index (χ4n) is 1.51. The van der Waals surface area contributed by atoms with Crippen LogP contribution in [0, 0.1) is 5.82 Å². The number of nitrogens with zero attached hydrogens (tertiary/aromatic N) is 1. The van der Waals surface area contributed by atoms with Gasteiger partial charge in [0.25, 0.3) is 0 Å². The molecule has 5 heteroatoms. The van der Waals surface area contributed by atoms with Crippen molar-refractivity contribution >= 4 is 5.97 Å². The van der Waals surface area contributed by atoms with Crippen LogP contribution in [-0.4, -0.2) is 16.1 Å². The molecule has 0 aliphatic rings. The minimum atomic E-state index is -1.21. The van der Waals surface area contributed by atoms with Crippen LogP contribution in [0.25, 0.3) is 11.3 Å². The minimum absolute atomic E-state index is 0.346. The number of hydrogen-bond donors (Lipinski definition) is 1. The predicted molar refractivity (Wildman–Crippen MR) is 58.2 cm³/mol. The number of rotatable bonds is 3. The quantitative estimate of drug-likeness (QED) is 0.888. The van der Waals surface area contributed by atoms with Crippen LogP contribution in [0.15, 0.2) is 28.7 Å². The van der Waals surface area contributed by atoms with Crippen molar-refractivity contribution in [3.63, 3.8) is 0 Å². The van der Waals surface area contributed by atoms with Crippen LogP contribution >= 0.6 is 0 Å². The molecule has 0 spiro atoms. The minimum Gasteiger partial charge on any atom is -0.474 e. The summed E-state index contributed by atoms with van der Waals surface area (Å²) in [5.41, 5.74) is 1.16. The Bertz CT molecular complexity index is 545. The summed E-state index contributed by atoms with van der Waals surface area (Å²) < 4.78 is 17.9. The van der Waals surface area contributed by atoms with Gasteiger partial charge in [-0.2, -0.15) is 0 Å². The Morgan fingerprint density at radius 1 is 1.41 bits per heavy atom. The number of aromatic carboxylic acids is 1. The molecule has 0 saturated heterocycles. The van der Waals surface area contributed by atoms with E-state index in [4.69, 9.17) is 9.52 Å². The Kier molecular flexibility index (Phi) is 2.91. The maximum Gasteiger partial charge on any atom is 0.392 e. The van der Waals surface area contributed by atoms with E-state index >= 15 is 0 Å². The molecule has 1 heterocycles. The maximum atomic E-state index is 12.8. The first-order valence-corrected chi connectivity index (χ1v) is 5.10. The van der Waals surface area contributed by atoms with E-state index in [0.717, 1.165) is 0 Å². The van der Waals surface area contributed by atoms with Gasteiger partial charge in [0.15, 0.2) is 5.76 Å². The molecule has 1 N–H and O–H groups in total. The van der Waals surface area contributed by atoms with Gasteiger partial charge in [-0.15, -0.1) is 0 Å². The molecule has 0 bridgehead atoms. The molecule has 0 fully saturated rings. The van der Waals surface area contributed by atoms with E-state index in [1.165, 1.54) is 24.3 Å². The first-order chi connectivity index (χ1) is 8.11. The normalized spacial score (nSPS) is 10.5. The number of carboxylic acid groups (broad SMARTS) is 1. The maximum absolute atomic E-state index is 12.8. The second kappa shape index (κ2) is 4.37. The highest BCUT2D eigenvalue weighted by atomic mass is 19.1. The van der Waals surface area contributed by atoms with E-state index in [-0.39, 0.29) is 11.7 Å². The van der Waals surface area contributed by atoms with Gasteiger partial charge in [0.2, 0.25) is 0 Å². The summed E-state index contributed by atoms with van der Waals surface area (Å²) in [7, 11) is 0. The third kappa shape index (κ3) is 2.18. The van der Waals surface area contributed by atoms with Crippen molar-refractivity contribution in [2.24, 2.45) is 0 Å². The van der Waals surface area contributed by atoms with E-state index in [1.807, 2.05) is 6.92 Å². The summed E-state index contributed by atoms with van der Waals surface area (Å²) in [4.78, 5) is 14.6. The molecule has 0 aliphatic carbocycles. The van der Waals surface area contributed by atoms with Crippen molar-refractivity contribution in [2.45, 2.75) is 13.3 Å². The molecule has 4 nitrogen and oxygen atoms in total. The molecule has 88 valence electrons. The Balaban J connectivity index is 2.50. The van der Waals surface area contributed by atoms with Crippen LogP contribution in [0.1, 0.15) is 23.3 Å². The Hall–Kier alpha value is -2.17. The molecule has 1 aromatic carbocycles. The van der Waals surface area contributed by atoms with Crippen LogP contribution in [0.3, 0.4) is 0 Å². The zero-order valence-corrected chi connectivity index (χ0v) is 9.11. The molecule has 0 amide bonds. The van der Waals surface area contributed by atoms with Crippen LogP contribution in [0.2, 0.25) is 0 Å². The number of halogens is 1. The number of benzene rings is 1. The highest BCUT2D eigenvalue weighted by Crippen LogP contribution is 2.25. The molecule has 17 heavy (non-hydrogen) atoms. The van der Waals surface area contributed by atoms with Crippen molar-refractivity contribution < 1.29 is 18.7 Å². The lowest BCUT2D eigenvalue weighted by molar-refractivity contribution is 0.0654. The van der Waals surface area contributed by atoms with Gasteiger partial charge in [-0.3, -0.25) is 0 Å². The second-order valence-corrected chi connectivity index (χ2v) is 3.46. The summed E-state index contributed by atoms with van der Waals surface area (Å²) in [5.74, 6) is -1.54. The van der Waals surface area contributed by atoms with E-state index in [9.17, 15) is 9.18 Å². The average molecular weight is 235 g/mol. The first-order valence-electron chi connectivity index (χ1n) is 5.10. The van der Waals surface area contributed by atoms with Crippen LogP contribution in [0.4, 0.5) is 4.39 Å². The van der Waals surface area contributed by atoms with E-state index in [2.05, 4.69) is 4.98 Å². The van der Waals surface area contributed by atoms with Gasteiger partial charge >= 0.3 is 11.9 Å². The molecule has 1 aromatic heterocycles. The van der Waals surface area contributed by atoms with E-state index in [1.54, 1.807) is 0 Å². The molecule has 0 saturated carbocycles. The molecule has 0 aliphatic heterocycles. The van der Waals surface area contributed by atoms with Gasteiger partial charge < -0.3 is 9.52 Å². The van der Waals surface area contributed by atoms with Crippen molar-refractivity contribution in [3.8, 4) is 11.3 Å². The van der Waals surface area contributed by atoms with Crippen molar-refractivity contribution in [2.75, 3.05) is 0 Å². The highest BCUT2D eigenvalue weighted by Gasteiger charge is 2.18. The van der Waals surface area contributed by atoms with Crippen LogP contribution in [0.5, 0.6) is 0 Å². The van der Waals surface area contributed by atoms with Gasteiger partial charge in [-0.25, -0.2) is 14.2 Å². The van der Waals surface area contributed by atoms with Crippen LogP contribution in [-0.2, 0) is 6.42 Å². The molecule has 0 atom stereocenters. The summed E-state index contributed by atoms with van der Waals surface area (Å²) in [6.07, 6.45) is 0.545. The SMILES string of the molecule is CCc1nc(C(=O)O)oc1-c1ccc(F)cc1. The zero-order valence-electron chi connectivity index (χ0n) is 9.11. The molecule has 0 radical (unpaired) electrons. The lowest BCUT2D eigenvalue weighted by Crippen LogP contribution is -1.95. The van der Waals surface area contributed by atoms with Gasteiger partial charge in [0.05, 0.1) is 5.69 Å². The van der Waals surface area contributed by atoms with Gasteiger partial charge in [0, 0.05) is 5.56 Å². The highest BCUT2D eigenvalue weighted by molar-refractivity contribution is 5.83. The van der Waals surface area contributed by atoms with Crippen molar-refractivity contribution in [1.82, 2.24) is 4.98 Å². The number of aryl methyl sites for hydroxylation is 1. The summed E-state index contributed by atoms with van der Waals surface area (Å²) in [6, 6.07) is 5.64. The summed E-state index contributed by atoms with van der Waals surface area (Å²) in [6.45, 7) is 1.84. The molecule has 2 aromatic rings. The average Bonchev–Trinajstić information content (AvgIpc) is 2.74. The fourth-order valence-corrected chi connectivity index (χ4v) is 1.51. The topological polar surface area (TPSA) is 63.3 Å². The van der Waals surface area contributed by atoms with Crippen LogP contribution < -0.4 is 0 Å². The smallest absolute Gasteiger partial charge is 0.392 e.